The van der Waals surface area contributed by atoms with Crippen molar-refractivity contribution in [2.45, 2.75) is 51.6 Å². The van der Waals surface area contributed by atoms with Gasteiger partial charge in [0, 0.05) is 86.6 Å². The molecule has 2 aromatic carbocycles. The number of carbonyl (C=O) groups is 2. The Kier molecular flexibility index (Phi) is 18.5. The highest BCUT2D eigenvalue weighted by molar-refractivity contribution is 8.76. The van der Waals surface area contributed by atoms with Gasteiger partial charge in [-0.2, -0.15) is 9.13 Å². The van der Waals surface area contributed by atoms with E-state index in [4.69, 9.17) is 18.9 Å². The van der Waals surface area contributed by atoms with Gasteiger partial charge in [0.1, 0.15) is 18.9 Å². The molecule has 2 aromatic heterocycles. The molecule has 11 heteroatoms. The molecule has 0 aliphatic rings. The Morgan fingerprint density at radius 1 is 0.593 bits per heavy atom. The minimum atomic E-state index is 0.0693. The number of benzene rings is 2. The predicted octanol–water partition coefficient (Wildman–Crippen LogP) is 7.74. The maximum atomic E-state index is 12.6. The molecule has 0 saturated heterocycles. The van der Waals surface area contributed by atoms with E-state index >= 15 is 0 Å². The molecule has 1 N–H and O–H groups in total. The van der Waals surface area contributed by atoms with Crippen LogP contribution in [0.1, 0.15) is 61.0 Å². The zero-order valence-electron chi connectivity index (χ0n) is 31.8. The third-order valence-corrected chi connectivity index (χ3v) is 11.1. The fraction of sp³-hybridized carbons (Fsp3) is 0.349. The van der Waals surface area contributed by atoms with Crippen LogP contribution >= 0.6 is 21.6 Å². The highest BCUT2D eigenvalue weighted by Crippen LogP contribution is 2.29. The van der Waals surface area contributed by atoms with E-state index in [9.17, 15) is 9.59 Å². The Morgan fingerprint density at radius 3 is 1.63 bits per heavy atom. The van der Waals surface area contributed by atoms with Crippen LogP contribution in [0.15, 0.2) is 85.2 Å². The lowest BCUT2D eigenvalue weighted by molar-refractivity contribution is -0.699. The first-order valence-corrected chi connectivity index (χ1v) is 20.7. The van der Waals surface area contributed by atoms with Crippen LogP contribution in [0.5, 0.6) is 23.0 Å². The quantitative estimate of drug-likeness (QED) is 0.0440. The largest absolute Gasteiger partial charge is 0.493 e. The summed E-state index contributed by atoms with van der Waals surface area (Å²) >= 11 is 0. The van der Waals surface area contributed by atoms with Gasteiger partial charge in [0.25, 0.3) is 0 Å². The third kappa shape index (κ3) is 14.2. The Balaban J connectivity index is 1.05. The summed E-state index contributed by atoms with van der Waals surface area (Å²) in [6.07, 6.45) is 16.4. The lowest BCUT2D eigenvalue weighted by Crippen LogP contribution is -2.37. The first kappa shape index (κ1) is 42.0. The monoisotopic (exact) mass is 771 g/mol. The first-order valence-electron chi connectivity index (χ1n) is 18.2. The van der Waals surface area contributed by atoms with Gasteiger partial charge >= 0.3 is 0 Å². The average Bonchev–Trinajstić information content (AvgIpc) is 3.20. The van der Waals surface area contributed by atoms with Gasteiger partial charge in [-0.05, 0) is 66.1 Å². The molecule has 0 radical (unpaired) electrons. The van der Waals surface area contributed by atoms with Crippen LogP contribution in [0.2, 0.25) is 0 Å². The fourth-order valence-electron chi connectivity index (χ4n) is 5.71. The molecule has 0 spiro atoms. The summed E-state index contributed by atoms with van der Waals surface area (Å²) in [6.45, 7) is 2.16. The number of nitrogens with one attached hydrogen (secondary N) is 1. The molecule has 0 saturated carbocycles. The second-order valence-corrected chi connectivity index (χ2v) is 15.1. The Morgan fingerprint density at radius 2 is 1.09 bits per heavy atom. The summed E-state index contributed by atoms with van der Waals surface area (Å²) < 4.78 is 25.8. The molecule has 4 rings (SSSR count). The number of methoxy groups -OCH3 is 4. The zero-order chi connectivity index (χ0) is 38.4. The number of ketones is 1. The predicted molar refractivity (Wildman–Crippen MR) is 221 cm³/mol. The Hall–Kier alpha value is -4.74. The van der Waals surface area contributed by atoms with Crippen LogP contribution < -0.4 is 33.4 Å². The van der Waals surface area contributed by atoms with E-state index in [0.29, 0.717) is 54.6 Å². The van der Waals surface area contributed by atoms with Crippen LogP contribution in [0.4, 0.5) is 0 Å². The number of rotatable bonds is 24. The smallest absolute Gasteiger partial charge is 0.220 e. The minimum Gasteiger partial charge on any atom is -0.493 e. The van der Waals surface area contributed by atoms with Crippen molar-refractivity contribution in [3.8, 4) is 23.0 Å². The van der Waals surface area contributed by atoms with Gasteiger partial charge in [-0.15, -0.1) is 0 Å². The molecule has 0 aliphatic heterocycles. The van der Waals surface area contributed by atoms with E-state index in [1.54, 1.807) is 50.0 Å². The number of pyridine rings is 2. The van der Waals surface area contributed by atoms with Crippen molar-refractivity contribution >= 4 is 57.6 Å². The van der Waals surface area contributed by atoms with Crippen molar-refractivity contribution in [2.75, 3.05) is 46.5 Å². The molecule has 1 amide bonds. The molecular weight excluding hydrogens is 719 g/mol. The summed E-state index contributed by atoms with van der Waals surface area (Å²) in [5, 5.41) is 3.04. The molecule has 0 unspecified atom stereocenters. The summed E-state index contributed by atoms with van der Waals surface area (Å²) in [7, 11) is 10.0. The average molecular weight is 772 g/mol. The van der Waals surface area contributed by atoms with E-state index in [-0.39, 0.29) is 5.91 Å². The molecule has 286 valence electrons. The number of hydrogen-bond acceptors (Lipinski definition) is 8. The van der Waals surface area contributed by atoms with Crippen molar-refractivity contribution in [2.24, 2.45) is 0 Å². The molecule has 54 heavy (non-hydrogen) atoms. The van der Waals surface area contributed by atoms with Gasteiger partial charge in [0.2, 0.25) is 17.3 Å². The van der Waals surface area contributed by atoms with Gasteiger partial charge in [-0.1, -0.05) is 33.7 Å². The fourth-order valence-corrected chi connectivity index (χ4v) is 7.71. The number of Topliss-reactive ketones (excluding diaryl/α,β-unsaturated/α-hetero) is 1. The van der Waals surface area contributed by atoms with Crippen molar-refractivity contribution < 1.29 is 37.7 Å². The van der Waals surface area contributed by atoms with Gasteiger partial charge < -0.3 is 24.3 Å². The van der Waals surface area contributed by atoms with Crippen molar-refractivity contribution in [1.82, 2.24) is 5.32 Å². The highest BCUT2D eigenvalue weighted by Gasteiger charge is 2.11. The second-order valence-electron chi connectivity index (χ2n) is 12.4. The molecular formula is C43H53N3O6S2+2. The van der Waals surface area contributed by atoms with Gasteiger partial charge in [0.05, 0.1) is 28.4 Å². The number of aryl methyl sites for hydroxylation is 2. The summed E-state index contributed by atoms with van der Waals surface area (Å²) in [5.74, 6) is 4.90. The van der Waals surface area contributed by atoms with Crippen molar-refractivity contribution in [1.29, 1.82) is 0 Å². The molecule has 0 atom stereocenters. The second kappa shape index (κ2) is 23.8. The highest BCUT2D eigenvalue weighted by atomic mass is 33.1. The van der Waals surface area contributed by atoms with E-state index in [1.165, 1.54) is 0 Å². The van der Waals surface area contributed by atoms with Gasteiger partial charge in [0.15, 0.2) is 35.4 Å². The van der Waals surface area contributed by atoms with Gasteiger partial charge in [-0.3, -0.25) is 9.59 Å². The van der Waals surface area contributed by atoms with Crippen LogP contribution in [-0.4, -0.2) is 58.2 Å². The Labute approximate surface area is 328 Å². The lowest BCUT2D eigenvalue weighted by Gasteiger charge is -2.07. The zero-order valence-corrected chi connectivity index (χ0v) is 33.5. The van der Waals surface area contributed by atoms with Crippen LogP contribution in [0, 0.1) is 0 Å². The van der Waals surface area contributed by atoms with Crippen molar-refractivity contribution in [3.05, 3.63) is 108 Å². The first-order chi connectivity index (χ1) is 26.4. The normalized spacial score (nSPS) is 11.2. The number of nitrogens with zero attached hydrogens (tertiary/aromatic N) is 2. The molecule has 9 nitrogen and oxygen atoms in total. The maximum Gasteiger partial charge on any atom is 0.220 e. The summed E-state index contributed by atoms with van der Waals surface area (Å²) in [4.78, 5) is 25.0. The van der Waals surface area contributed by atoms with Crippen molar-refractivity contribution in [3.63, 3.8) is 0 Å². The molecule has 0 bridgehead atoms. The molecule has 4 aromatic rings. The minimum absolute atomic E-state index is 0.0693. The summed E-state index contributed by atoms with van der Waals surface area (Å²) in [6, 6.07) is 23.8. The topological polar surface area (TPSA) is 90.9 Å². The van der Waals surface area contributed by atoms with Crippen LogP contribution in [0.3, 0.4) is 0 Å². The molecule has 0 fully saturated rings. The van der Waals surface area contributed by atoms with E-state index in [1.807, 2.05) is 79.0 Å². The van der Waals surface area contributed by atoms with E-state index in [2.05, 4.69) is 44.9 Å². The van der Waals surface area contributed by atoms with Crippen LogP contribution in [-0.2, 0) is 22.7 Å². The summed E-state index contributed by atoms with van der Waals surface area (Å²) in [5.41, 5.74) is 4.15. The SMILES string of the molecule is COc1ccc(/C=C/c2cccc[n+]2CCCC(=O)CCCSSCCNC(=O)CCC[n+]2ccccc2/C=C/c2ccc(OC)c(OC)c2)cc1OC. The van der Waals surface area contributed by atoms with Gasteiger partial charge in [-0.25, -0.2) is 0 Å². The third-order valence-electron chi connectivity index (χ3n) is 8.59. The maximum absolute atomic E-state index is 12.6. The number of carbonyl (C=O) groups excluding carboxylic acids is 2. The number of hydrogen-bond donors (Lipinski definition) is 1. The molecule has 0 aliphatic carbocycles. The molecule has 2 heterocycles. The van der Waals surface area contributed by atoms with Crippen LogP contribution in [0.25, 0.3) is 24.3 Å². The standard InChI is InChI=1S/C43H52N3O6S2/c1-49-39-23-19-34(32-41(39)51-3)17-21-36-12-5-7-26-45(36)28-9-14-38(47)15-11-30-53-54-31-25-44-43(48)16-10-29-46-27-8-6-13-37(46)22-18-35-20-24-40(50-2)42(33-35)52-4/h5-8,12-13,17-24,26-27,32-33H,9-11,14-16,25,28-31H2,1-4H3/q+1/p+1/b21-17+,22-18+. The lowest BCUT2D eigenvalue weighted by atomic mass is 10.1. The van der Waals surface area contributed by atoms with E-state index < -0.39 is 0 Å². The number of aromatic nitrogens is 2. The van der Waals surface area contributed by atoms with E-state index in [0.717, 1.165) is 66.4 Å². The number of ether oxygens (including phenoxy) is 4. The number of amides is 1. The Bertz CT molecular complexity index is 1710.